The minimum atomic E-state index is 0.586. The molecule has 0 atom stereocenters. The zero-order valence-corrected chi connectivity index (χ0v) is 24.5. The zero-order valence-electron chi connectivity index (χ0n) is 24.5. The largest absolute Gasteiger partial charge is 0.456 e. The number of hydrogen-bond donors (Lipinski definition) is 0. The molecule has 0 radical (unpaired) electrons. The Hall–Kier alpha value is -6.40. The van der Waals surface area contributed by atoms with Gasteiger partial charge in [-0.15, -0.1) is 0 Å². The number of rotatable bonds is 5. The van der Waals surface area contributed by atoms with Crippen molar-refractivity contribution >= 4 is 33.0 Å². The van der Waals surface area contributed by atoms with Gasteiger partial charge in [0.25, 0.3) is 0 Å². The van der Waals surface area contributed by atoms with Crippen LogP contribution in [0.4, 0.5) is 0 Å². The average molecular weight is 593 g/mol. The minimum Gasteiger partial charge on any atom is -0.456 e. The fourth-order valence-corrected chi connectivity index (χ4v) is 5.96. The van der Waals surface area contributed by atoms with Crippen LogP contribution in [0.15, 0.2) is 154 Å². The molecule has 0 aliphatic rings. The number of furan rings is 1. The lowest BCUT2D eigenvalue weighted by Crippen LogP contribution is -2.00. The molecule has 9 rings (SSSR count). The summed E-state index contributed by atoms with van der Waals surface area (Å²) in [5.74, 6) is 2.45. The summed E-state index contributed by atoms with van der Waals surface area (Å²) in [5, 5.41) is 2.00. The third-order valence-corrected chi connectivity index (χ3v) is 8.16. The lowest BCUT2D eigenvalue weighted by Gasteiger charge is -2.10. The monoisotopic (exact) mass is 592 g/mol. The predicted octanol–water partition coefficient (Wildman–Crippen LogP) is 10.2. The van der Waals surface area contributed by atoms with E-state index in [4.69, 9.17) is 28.8 Å². The second-order valence-electron chi connectivity index (χ2n) is 11.1. The Kier molecular flexibility index (Phi) is 6.03. The molecule has 0 saturated carbocycles. The van der Waals surface area contributed by atoms with Gasteiger partial charge in [0.1, 0.15) is 16.7 Å². The molecule has 0 bridgehead atoms. The van der Waals surface area contributed by atoms with E-state index in [1.807, 2.05) is 121 Å². The summed E-state index contributed by atoms with van der Waals surface area (Å²) in [7, 11) is 0. The number of aromatic nitrogens is 4. The van der Waals surface area contributed by atoms with Gasteiger partial charge in [0.05, 0.1) is 0 Å². The van der Waals surface area contributed by atoms with Gasteiger partial charge in [0.2, 0.25) is 5.89 Å². The molecule has 216 valence electrons. The molecule has 0 fully saturated rings. The van der Waals surface area contributed by atoms with Gasteiger partial charge < -0.3 is 8.83 Å². The van der Waals surface area contributed by atoms with E-state index in [1.165, 1.54) is 0 Å². The Morgan fingerprint density at radius 2 is 0.935 bits per heavy atom. The van der Waals surface area contributed by atoms with Gasteiger partial charge in [0.15, 0.2) is 23.1 Å². The predicted molar refractivity (Wildman–Crippen MR) is 182 cm³/mol. The third kappa shape index (κ3) is 4.52. The number of nitrogens with zero attached hydrogens (tertiary/aromatic N) is 4. The Balaban J connectivity index is 1.19. The SMILES string of the molecule is c1ccc(-c2nc(-c3ccccc3)nc(-c3cccc(-c4cccc5oc6cc7oc(-c8ccccc8)nc7cc6c45)c3)n2)cc1. The third-order valence-electron chi connectivity index (χ3n) is 8.16. The van der Waals surface area contributed by atoms with Crippen LogP contribution < -0.4 is 0 Å². The van der Waals surface area contributed by atoms with E-state index >= 15 is 0 Å². The minimum absolute atomic E-state index is 0.586. The maximum absolute atomic E-state index is 6.36. The molecular formula is C40H24N4O2. The quantitative estimate of drug-likeness (QED) is 0.198. The van der Waals surface area contributed by atoms with Crippen molar-refractivity contribution < 1.29 is 8.83 Å². The van der Waals surface area contributed by atoms with Crippen molar-refractivity contribution in [1.82, 2.24) is 19.9 Å². The molecule has 3 aromatic heterocycles. The van der Waals surface area contributed by atoms with Crippen molar-refractivity contribution in [3.05, 3.63) is 146 Å². The lowest BCUT2D eigenvalue weighted by molar-refractivity contribution is 0.617. The van der Waals surface area contributed by atoms with Gasteiger partial charge in [-0.25, -0.2) is 19.9 Å². The van der Waals surface area contributed by atoms with Crippen LogP contribution in [0.1, 0.15) is 0 Å². The molecule has 0 saturated heterocycles. The number of hydrogen-bond acceptors (Lipinski definition) is 6. The van der Waals surface area contributed by atoms with Crippen molar-refractivity contribution in [3.8, 4) is 56.7 Å². The Morgan fingerprint density at radius 1 is 0.370 bits per heavy atom. The number of benzene rings is 6. The van der Waals surface area contributed by atoms with Crippen molar-refractivity contribution in [1.29, 1.82) is 0 Å². The fraction of sp³-hybridized carbons (Fsp3) is 0. The van der Waals surface area contributed by atoms with Crippen LogP contribution in [0.3, 0.4) is 0 Å². The van der Waals surface area contributed by atoms with Crippen LogP contribution in [-0.4, -0.2) is 19.9 Å². The summed E-state index contributed by atoms with van der Waals surface area (Å²) in [4.78, 5) is 19.5. The second-order valence-corrected chi connectivity index (χ2v) is 11.1. The zero-order chi connectivity index (χ0) is 30.5. The molecule has 0 spiro atoms. The van der Waals surface area contributed by atoms with Crippen LogP contribution in [0.5, 0.6) is 0 Å². The van der Waals surface area contributed by atoms with E-state index in [1.54, 1.807) is 0 Å². The van der Waals surface area contributed by atoms with Crippen LogP contribution in [0.25, 0.3) is 89.8 Å². The lowest BCUT2D eigenvalue weighted by atomic mass is 9.97. The maximum atomic E-state index is 6.36. The summed E-state index contributed by atoms with van der Waals surface area (Å²) in [6.07, 6.45) is 0. The molecule has 6 nitrogen and oxygen atoms in total. The first-order valence-electron chi connectivity index (χ1n) is 15.1. The summed E-state index contributed by atoms with van der Waals surface area (Å²) in [6, 6.07) is 48.4. The smallest absolute Gasteiger partial charge is 0.227 e. The van der Waals surface area contributed by atoms with Crippen molar-refractivity contribution in [2.24, 2.45) is 0 Å². The molecule has 3 heterocycles. The van der Waals surface area contributed by atoms with E-state index < -0.39 is 0 Å². The van der Waals surface area contributed by atoms with Gasteiger partial charge in [-0.05, 0) is 41.5 Å². The summed E-state index contributed by atoms with van der Waals surface area (Å²) in [6.45, 7) is 0. The van der Waals surface area contributed by atoms with E-state index in [-0.39, 0.29) is 0 Å². The molecule has 0 aliphatic heterocycles. The topological polar surface area (TPSA) is 77.8 Å². The summed E-state index contributed by atoms with van der Waals surface area (Å²) >= 11 is 0. The van der Waals surface area contributed by atoms with Gasteiger partial charge in [-0.3, -0.25) is 0 Å². The highest BCUT2D eigenvalue weighted by Crippen LogP contribution is 2.40. The molecule has 6 heteroatoms. The molecule has 46 heavy (non-hydrogen) atoms. The highest BCUT2D eigenvalue weighted by atomic mass is 16.4. The Morgan fingerprint density at radius 3 is 1.61 bits per heavy atom. The Labute approximate surface area is 263 Å². The highest BCUT2D eigenvalue weighted by molar-refractivity contribution is 6.15. The normalized spacial score (nSPS) is 11.5. The van der Waals surface area contributed by atoms with E-state index in [2.05, 4.69) is 24.3 Å². The molecule has 0 amide bonds. The first kappa shape index (κ1) is 26.0. The van der Waals surface area contributed by atoms with E-state index in [0.29, 0.717) is 28.9 Å². The maximum Gasteiger partial charge on any atom is 0.227 e. The van der Waals surface area contributed by atoms with Crippen LogP contribution in [0.2, 0.25) is 0 Å². The van der Waals surface area contributed by atoms with Crippen molar-refractivity contribution in [2.75, 3.05) is 0 Å². The second kappa shape index (κ2) is 10.6. The summed E-state index contributed by atoms with van der Waals surface area (Å²) in [5.41, 5.74) is 8.78. The van der Waals surface area contributed by atoms with Crippen molar-refractivity contribution in [2.45, 2.75) is 0 Å². The molecule has 0 aliphatic carbocycles. The van der Waals surface area contributed by atoms with Crippen molar-refractivity contribution in [3.63, 3.8) is 0 Å². The number of oxazole rings is 1. The standard InChI is InChI=1S/C40H24N4O2/c1-4-12-25(13-5-1)37-42-38(26-14-6-2-7-15-26)44-39(43-37)29-19-10-18-28(22-29)30-20-11-21-33-36(30)31-23-32-35(24-34(31)45-33)46-40(41-32)27-16-8-3-9-17-27/h1-24H. The van der Waals surface area contributed by atoms with E-state index in [0.717, 1.165) is 60.8 Å². The van der Waals surface area contributed by atoms with Crippen LogP contribution in [-0.2, 0) is 0 Å². The summed E-state index contributed by atoms with van der Waals surface area (Å²) < 4.78 is 12.5. The van der Waals surface area contributed by atoms with E-state index in [9.17, 15) is 0 Å². The van der Waals surface area contributed by atoms with Crippen LogP contribution >= 0.6 is 0 Å². The van der Waals surface area contributed by atoms with Gasteiger partial charge in [-0.1, -0.05) is 109 Å². The van der Waals surface area contributed by atoms with Crippen LogP contribution in [0, 0.1) is 0 Å². The van der Waals surface area contributed by atoms with Gasteiger partial charge in [0, 0.05) is 39.1 Å². The highest BCUT2D eigenvalue weighted by Gasteiger charge is 2.18. The first-order chi connectivity index (χ1) is 22.8. The molecular weight excluding hydrogens is 568 g/mol. The molecule has 0 unspecified atom stereocenters. The molecule has 0 N–H and O–H groups in total. The molecule has 9 aromatic rings. The Bertz CT molecular complexity index is 2460. The van der Waals surface area contributed by atoms with Gasteiger partial charge >= 0.3 is 0 Å². The fourth-order valence-electron chi connectivity index (χ4n) is 5.96. The first-order valence-corrected chi connectivity index (χ1v) is 15.1. The number of fused-ring (bicyclic) bond motifs is 4. The average Bonchev–Trinajstić information content (AvgIpc) is 3.72. The van der Waals surface area contributed by atoms with Gasteiger partial charge in [-0.2, -0.15) is 0 Å². The molecule has 6 aromatic carbocycles.